The smallest absolute Gasteiger partial charge is 0.317 e. The molecule has 0 unspecified atom stereocenters. The first kappa shape index (κ1) is 23.0. The van der Waals surface area contributed by atoms with E-state index in [1.165, 1.54) is 36.4 Å². The summed E-state index contributed by atoms with van der Waals surface area (Å²) in [6.45, 7) is -5.12. The van der Waals surface area contributed by atoms with Gasteiger partial charge in [-0.25, -0.2) is 4.57 Å². The number of hydrogen-bond acceptors (Lipinski definition) is 7. The van der Waals surface area contributed by atoms with Crippen LogP contribution in [0.25, 0.3) is 0 Å². The number of non-ortho nitro benzene ring substituents is 3. The molecule has 0 aromatic heterocycles. The fourth-order valence-electron chi connectivity index (χ4n) is 3.11. The first-order valence-corrected chi connectivity index (χ1v) is 12.5. The van der Waals surface area contributed by atoms with Crippen LogP contribution in [-0.4, -0.2) is 24.6 Å². The van der Waals surface area contributed by atoms with Crippen LogP contribution in [0.2, 0.25) is 0 Å². The Morgan fingerprint density at radius 2 is 0.781 bits per heavy atom. The van der Waals surface area contributed by atoms with Crippen molar-refractivity contribution in [1.82, 2.24) is 0 Å². The molecule has 14 heteroatoms. The largest absolute Gasteiger partial charge is 0.378 e. The maximum Gasteiger partial charge on any atom is 0.378 e. The van der Waals surface area contributed by atoms with Crippen LogP contribution in [0.15, 0.2) is 87.5 Å². The average Bonchev–Trinajstić information content (AvgIpc) is 2.74. The second kappa shape index (κ2) is 8.48. The Kier molecular flexibility index (Phi) is 6.10. The van der Waals surface area contributed by atoms with Crippen LogP contribution in [0.1, 0.15) is 0 Å². The Morgan fingerprint density at radius 1 is 0.562 bits per heavy atom. The van der Waals surface area contributed by atoms with Crippen molar-refractivity contribution < 1.29 is 29.1 Å². The Hall–Kier alpha value is -3.64. The molecular weight excluding hydrogens is 465 g/mol. The third-order valence-electron chi connectivity index (χ3n) is 4.52. The van der Waals surface area contributed by atoms with E-state index in [0.717, 1.165) is 36.4 Å². The second-order valence-electron chi connectivity index (χ2n) is 6.32. The lowest BCUT2D eigenvalue weighted by Gasteiger charge is -2.40. The van der Waals surface area contributed by atoms with Crippen molar-refractivity contribution in [2.75, 3.05) is 0 Å². The van der Waals surface area contributed by atoms with Gasteiger partial charge in [-0.1, -0.05) is 9.65 Å². The van der Waals surface area contributed by atoms with Crippen molar-refractivity contribution in [2.24, 2.45) is 0 Å². The molecule has 0 bridgehead atoms. The van der Waals surface area contributed by atoms with Crippen molar-refractivity contribution in [3.63, 3.8) is 0 Å². The van der Waals surface area contributed by atoms with Gasteiger partial charge in [-0.3, -0.25) is 30.3 Å². The number of nitro benzene ring substituents is 3. The molecule has 0 amide bonds. The van der Waals surface area contributed by atoms with Gasteiger partial charge in [0.25, 0.3) is 17.1 Å². The Labute approximate surface area is 180 Å². The van der Waals surface area contributed by atoms with Crippen LogP contribution in [0.5, 0.6) is 0 Å². The van der Waals surface area contributed by atoms with E-state index < -0.39 is 31.2 Å². The summed E-state index contributed by atoms with van der Waals surface area (Å²) in [6, 6.07) is 13.7. The SMILES string of the molecule is O=[N+]([O-])c1ccc(S(c2ccc([N+](=O)[O-])cc2)(c2ccc([N+](=O)[O-])cc2)P(=O)(O)O)cc1. The van der Waals surface area contributed by atoms with E-state index in [1.54, 1.807) is 0 Å². The molecule has 0 atom stereocenters. The van der Waals surface area contributed by atoms with Gasteiger partial charge in [-0.15, -0.1) is 0 Å². The third kappa shape index (κ3) is 3.97. The van der Waals surface area contributed by atoms with Crippen LogP contribution < -0.4 is 0 Å². The van der Waals surface area contributed by atoms with E-state index in [1.807, 2.05) is 0 Å². The summed E-state index contributed by atoms with van der Waals surface area (Å²) in [4.78, 5) is 52.3. The maximum atomic E-state index is 13.0. The quantitative estimate of drug-likeness (QED) is 0.273. The van der Waals surface area contributed by atoms with Gasteiger partial charge in [0, 0.05) is 51.1 Å². The molecule has 0 saturated heterocycles. The lowest BCUT2D eigenvalue weighted by Crippen LogP contribution is -2.05. The molecule has 0 aliphatic carbocycles. The van der Waals surface area contributed by atoms with Gasteiger partial charge < -0.3 is 9.79 Å². The zero-order valence-electron chi connectivity index (χ0n) is 15.9. The minimum Gasteiger partial charge on any atom is -0.317 e. The molecule has 166 valence electrons. The van der Waals surface area contributed by atoms with Crippen LogP contribution in [-0.2, 0) is 4.57 Å². The highest BCUT2D eigenvalue weighted by molar-refractivity contribution is 8.76. The van der Waals surface area contributed by atoms with Crippen LogP contribution in [0.4, 0.5) is 17.1 Å². The van der Waals surface area contributed by atoms with Gasteiger partial charge in [0.15, 0.2) is 0 Å². The highest BCUT2D eigenvalue weighted by Crippen LogP contribution is 2.89. The maximum absolute atomic E-state index is 13.0. The van der Waals surface area contributed by atoms with E-state index in [2.05, 4.69) is 0 Å². The second-order valence-corrected chi connectivity index (χ2v) is 12.9. The van der Waals surface area contributed by atoms with Gasteiger partial charge in [-0.2, -0.15) is 0 Å². The van der Waals surface area contributed by atoms with Crippen molar-refractivity contribution in [3.05, 3.63) is 103 Å². The van der Waals surface area contributed by atoms with E-state index >= 15 is 0 Å². The normalized spacial score (nSPS) is 12.2. The molecule has 3 rings (SSSR count). The molecule has 3 aromatic carbocycles. The van der Waals surface area contributed by atoms with Gasteiger partial charge >= 0.3 is 6.80 Å². The zero-order valence-corrected chi connectivity index (χ0v) is 17.6. The highest BCUT2D eigenvalue weighted by Gasteiger charge is 2.47. The molecule has 0 radical (unpaired) electrons. The van der Waals surface area contributed by atoms with Crippen LogP contribution in [0.3, 0.4) is 0 Å². The molecular formula is C18H14N3O9PS. The summed E-state index contributed by atoms with van der Waals surface area (Å²) < 4.78 is 13.0. The molecule has 0 saturated carbocycles. The highest BCUT2D eigenvalue weighted by atomic mass is 32.8. The zero-order chi connectivity index (χ0) is 23.7. The molecule has 0 fully saturated rings. The summed E-state index contributed by atoms with van der Waals surface area (Å²) in [6.07, 6.45) is 0. The number of nitrogens with zero attached hydrogens (tertiary/aromatic N) is 3. The molecule has 2 N–H and O–H groups in total. The summed E-state index contributed by atoms with van der Waals surface area (Å²) in [5.41, 5.74) is -0.916. The number of rotatable bonds is 7. The molecule has 0 aliphatic rings. The molecule has 0 spiro atoms. The number of nitro groups is 3. The van der Waals surface area contributed by atoms with Crippen LogP contribution in [0, 0.1) is 30.3 Å². The molecule has 32 heavy (non-hydrogen) atoms. The van der Waals surface area contributed by atoms with Gasteiger partial charge in [0.2, 0.25) is 0 Å². The topological polar surface area (TPSA) is 187 Å². The number of benzene rings is 3. The lowest BCUT2D eigenvalue weighted by molar-refractivity contribution is -0.385. The van der Waals surface area contributed by atoms with E-state index in [9.17, 15) is 44.7 Å². The third-order valence-corrected chi connectivity index (χ3v) is 12.1. The lowest BCUT2D eigenvalue weighted by atomic mass is 10.3. The van der Waals surface area contributed by atoms with Crippen molar-refractivity contribution >= 4 is 33.5 Å². The van der Waals surface area contributed by atoms with Crippen molar-refractivity contribution in [1.29, 1.82) is 0 Å². The van der Waals surface area contributed by atoms with E-state index in [-0.39, 0.29) is 31.7 Å². The van der Waals surface area contributed by atoms with Crippen LogP contribution >= 0.6 is 16.4 Å². The summed E-state index contributed by atoms with van der Waals surface area (Å²) in [7, 11) is -3.48. The Balaban J connectivity index is 2.37. The monoisotopic (exact) mass is 479 g/mol. The predicted molar refractivity (Wildman–Crippen MR) is 114 cm³/mol. The first-order chi connectivity index (χ1) is 15.0. The minimum absolute atomic E-state index is 0.0409. The minimum atomic E-state index is -5.12. The van der Waals surface area contributed by atoms with E-state index in [0.29, 0.717) is 0 Å². The van der Waals surface area contributed by atoms with Gasteiger partial charge in [0.1, 0.15) is 0 Å². The fourth-order valence-corrected chi connectivity index (χ4v) is 9.91. The number of hydrogen-bond donors (Lipinski definition) is 2. The molecule has 3 aromatic rings. The van der Waals surface area contributed by atoms with Crippen molar-refractivity contribution in [2.45, 2.75) is 14.7 Å². The Morgan fingerprint density at radius 3 is 0.938 bits per heavy atom. The average molecular weight is 479 g/mol. The molecule has 0 aliphatic heterocycles. The first-order valence-electron chi connectivity index (χ1n) is 8.61. The Bertz CT molecular complexity index is 1100. The van der Waals surface area contributed by atoms with Crippen molar-refractivity contribution in [3.8, 4) is 0 Å². The predicted octanol–water partition coefficient (Wildman–Crippen LogP) is 4.79. The molecule has 12 nitrogen and oxygen atoms in total. The van der Waals surface area contributed by atoms with E-state index in [4.69, 9.17) is 0 Å². The van der Waals surface area contributed by atoms with Gasteiger partial charge in [-0.05, 0) is 36.4 Å². The summed E-state index contributed by atoms with van der Waals surface area (Å²) >= 11 is 0. The summed E-state index contributed by atoms with van der Waals surface area (Å²) in [5.74, 6) is 0. The fraction of sp³-hybridized carbons (Fsp3) is 0. The van der Waals surface area contributed by atoms with Gasteiger partial charge in [0.05, 0.1) is 14.8 Å². The molecule has 0 heterocycles. The standard InChI is InChI=1S/C18H14N3O9PS/c22-19(23)13-1-7-16(8-2-13)32(31(28,29)30,17-9-3-14(4-10-17)20(24)25)18-11-5-15(6-12-18)21(26)27/h1-12H,(H2,28,29,30). The summed E-state index contributed by atoms with van der Waals surface area (Å²) in [5, 5.41) is 33.1.